The van der Waals surface area contributed by atoms with Gasteiger partial charge in [0.2, 0.25) is 5.91 Å². The van der Waals surface area contributed by atoms with Gasteiger partial charge < -0.3 is 20.3 Å². The Morgan fingerprint density at radius 2 is 1.85 bits per heavy atom. The van der Waals surface area contributed by atoms with E-state index in [-0.39, 0.29) is 6.42 Å². The van der Waals surface area contributed by atoms with Gasteiger partial charge in [-0.25, -0.2) is 4.79 Å². The molecular weight excluding hydrogens is 536 g/mol. The number of anilines is 1. The zero-order chi connectivity index (χ0) is 29.2. The van der Waals surface area contributed by atoms with E-state index in [0.717, 1.165) is 10.5 Å². The molecule has 206 valence electrons. The molecule has 3 amide bonds. The Bertz CT molecular complexity index is 1240. The number of hydrogen-bond donors (Lipinski definition) is 2. The minimum absolute atomic E-state index is 0.259. The predicted molar refractivity (Wildman–Crippen MR) is 155 cm³/mol. The lowest BCUT2D eigenvalue weighted by Gasteiger charge is -2.33. The molecule has 2 N–H and O–H groups in total. The van der Waals surface area contributed by atoms with Crippen molar-refractivity contribution in [1.82, 2.24) is 10.2 Å². The van der Waals surface area contributed by atoms with Gasteiger partial charge in [0.15, 0.2) is 0 Å². The first-order chi connectivity index (χ1) is 18.4. The number of rotatable bonds is 10. The minimum atomic E-state index is -1.23. The monoisotopic (exact) mass is 568 g/mol. The third-order valence-electron chi connectivity index (χ3n) is 5.55. The number of amides is 3. The Morgan fingerprint density at radius 3 is 2.38 bits per heavy atom. The summed E-state index contributed by atoms with van der Waals surface area (Å²) in [6, 6.07) is 11.5. The molecule has 2 rings (SSSR count). The number of nitriles is 1. The van der Waals surface area contributed by atoms with Gasteiger partial charge in [0.1, 0.15) is 24.2 Å². The summed E-state index contributed by atoms with van der Waals surface area (Å²) in [7, 11) is 0. The first kappa shape index (κ1) is 31.6. The number of hydrogen-bond acceptors (Lipinski definition) is 6. The van der Waals surface area contributed by atoms with E-state index in [1.54, 1.807) is 70.2 Å². The summed E-state index contributed by atoms with van der Waals surface area (Å²) in [4.78, 5) is 41.5. The summed E-state index contributed by atoms with van der Waals surface area (Å²) in [5.74, 6) is 1.88. The molecular formula is C29H33ClN4O4S. The molecule has 0 aliphatic heterocycles. The topological polar surface area (TPSA) is 112 Å². The van der Waals surface area contributed by atoms with Crippen molar-refractivity contribution in [2.45, 2.75) is 51.8 Å². The predicted octanol–water partition coefficient (Wildman–Crippen LogP) is 5.31. The van der Waals surface area contributed by atoms with Crippen molar-refractivity contribution in [2.75, 3.05) is 23.9 Å². The molecule has 2 aromatic rings. The lowest BCUT2D eigenvalue weighted by molar-refractivity contribution is -0.140. The van der Waals surface area contributed by atoms with Gasteiger partial charge in [-0.15, -0.1) is 6.42 Å². The van der Waals surface area contributed by atoms with E-state index in [1.165, 1.54) is 11.8 Å². The van der Waals surface area contributed by atoms with Crippen LogP contribution < -0.4 is 10.6 Å². The number of para-hydroxylation sites is 1. The second-order valence-electron chi connectivity index (χ2n) is 9.69. The van der Waals surface area contributed by atoms with Crippen LogP contribution >= 0.6 is 23.4 Å². The number of halogens is 1. The maximum Gasteiger partial charge on any atom is 0.408 e. The third-order valence-corrected chi connectivity index (χ3v) is 6.51. The van der Waals surface area contributed by atoms with Crippen molar-refractivity contribution in [3.8, 4) is 18.4 Å². The molecule has 0 radical (unpaired) electrons. The molecule has 0 saturated heterocycles. The maximum absolute atomic E-state index is 13.9. The SMILES string of the molecule is C#Cc1ccc(C(C(=O)Nc2c(C)cccc2Cl)N(CC#N)C(=O)C(CCSC)NC(=O)OC(C)(C)C)cc1. The summed E-state index contributed by atoms with van der Waals surface area (Å²) in [5.41, 5.74) is 1.35. The van der Waals surface area contributed by atoms with Gasteiger partial charge in [0.25, 0.3) is 5.91 Å². The van der Waals surface area contributed by atoms with Crippen LogP contribution in [0.15, 0.2) is 42.5 Å². The van der Waals surface area contributed by atoms with Crippen LogP contribution in [0.3, 0.4) is 0 Å². The molecule has 0 fully saturated rings. The lowest BCUT2D eigenvalue weighted by Crippen LogP contribution is -2.52. The second kappa shape index (κ2) is 14.5. The Morgan fingerprint density at radius 1 is 1.18 bits per heavy atom. The number of aryl methyl sites for hydroxylation is 1. The highest BCUT2D eigenvalue weighted by molar-refractivity contribution is 7.98. The van der Waals surface area contributed by atoms with Gasteiger partial charge in [-0.3, -0.25) is 9.59 Å². The highest BCUT2D eigenvalue weighted by Crippen LogP contribution is 2.29. The average molecular weight is 569 g/mol. The van der Waals surface area contributed by atoms with Gasteiger partial charge >= 0.3 is 6.09 Å². The fourth-order valence-electron chi connectivity index (χ4n) is 3.73. The van der Waals surface area contributed by atoms with Crippen molar-refractivity contribution in [3.05, 3.63) is 64.2 Å². The van der Waals surface area contributed by atoms with Crippen molar-refractivity contribution < 1.29 is 19.1 Å². The quantitative estimate of drug-likeness (QED) is 0.297. The summed E-state index contributed by atoms with van der Waals surface area (Å²) in [5, 5.41) is 15.4. The standard InChI is InChI=1S/C29H33ClN4O4S/c1-7-20-11-13-21(14-12-20)25(26(35)33-24-19(2)9-8-10-22(24)30)34(17-16-31)27(36)23(15-18-39-6)32-28(37)38-29(3,4)5/h1,8-14,23,25H,15,17-18H2,2-6H3,(H,32,37)(H,33,35). The highest BCUT2D eigenvalue weighted by atomic mass is 35.5. The number of nitrogens with one attached hydrogen (secondary N) is 2. The van der Waals surface area contributed by atoms with Crippen molar-refractivity contribution in [1.29, 1.82) is 5.26 Å². The molecule has 0 aromatic heterocycles. The zero-order valence-corrected chi connectivity index (χ0v) is 24.3. The van der Waals surface area contributed by atoms with Gasteiger partial charge in [-0.05, 0) is 75.5 Å². The van der Waals surface area contributed by atoms with Crippen LogP contribution in [0.2, 0.25) is 5.02 Å². The Hall–Kier alpha value is -3.66. The van der Waals surface area contributed by atoms with Gasteiger partial charge in [0.05, 0.1) is 16.8 Å². The number of carbonyl (C=O) groups is 3. The van der Waals surface area contributed by atoms with Crippen molar-refractivity contribution >= 4 is 47.0 Å². The average Bonchev–Trinajstić information content (AvgIpc) is 2.87. The van der Waals surface area contributed by atoms with Crippen LogP contribution in [0.5, 0.6) is 0 Å². The van der Waals surface area contributed by atoms with E-state index in [0.29, 0.717) is 27.6 Å². The maximum atomic E-state index is 13.9. The van der Waals surface area contributed by atoms with Crippen molar-refractivity contribution in [3.63, 3.8) is 0 Å². The molecule has 0 saturated carbocycles. The normalized spacial score (nSPS) is 12.3. The molecule has 10 heteroatoms. The highest BCUT2D eigenvalue weighted by Gasteiger charge is 2.36. The first-order valence-corrected chi connectivity index (χ1v) is 14.0. The minimum Gasteiger partial charge on any atom is -0.444 e. The second-order valence-corrected chi connectivity index (χ2v) is 11.1. The van der Waals surface area contributed by atoms with Crippen LogP contribution in [-0.2, 0) is 14.3 Å². The lowest BCUT2D eigenvalue weighted by atomic mass is 10.0. The van der Waals surface area contributed by atoms with Crippen molar-refractivity contribution in [2.24, 2.45) is 0 Å². The molecule has 8 nitrogen and oxygen atoms in total. The molecule has 0 bridgehead atoms. The largest absolute Gasteiger partial charge is 0.444 e. The number of nitrogens with zero attached hydrogens (tertiary/aromatic N) is 2. The smallest absolute Gasteiger partial charge is 0.408 e. The van der Waals surface area contributed by atoms with E-state index in [9.17, 15) is 19.6 Å². The summed E-state index contributed by atoms with van der Waals surface area (Å²) < 4.78 is 5.36. The number of terminal acetylenes is 1. The van der Waals surface area contributed by atoms with Crippen LogP contribution in [0, 0.1) is 30.6 Å². The van der Waals surface area contributed by atoms with E-state index in [4.69, 9.17) is 22.8 Å². The number of benzene rings is 2. The fraction of sp³-hybridized carbons (Fsp3) is 0.379. The van der Waals surface area contributed by atoms with Crippen LogP contribution in [0.4, 0.5) is 10.5 Å². The Kier molecular flexibility index (Phi) is 11.7. The molecule has 2 atom stereocenters. The van der Waals surface area contributed by atoms with E-state index < -0.39 is 42.1 Å². The molecule has 0 aliphatic rings. The first-order valence-electron chi connectivity index (χ1n) is 12.2. The van der Waals surface area contributed by atoms with E-state index in [2.05, 4.69) is 16.6 Å². The van der Waals surface area contributed by atoms with Gasteiger partial charge in [-0.1, -0.05) is 41.8 Å². The summed E-state index contributed by atoms with van der Waals surface area (Å²) in [6.45, 7) is 6.51. The van der Waals surface area contributed by atoms with Gasteiger partial charge in [0, 0.05) is 5.56 Å². The number of ether oxygens (including phenoxy) is 1. The Labute approximate surface area is 239 Å². The number of alkyl carbamates (subject to hydrolysis) is 1. The van der Waals surface area contributed by atoms with Crippen LogP contribution in [0.1, 0.15) is 49.9 Å². The van der Waals surface area contributed by atoms with Crippen LogP contribution in [-0.4, -0.2) is 53.0 Å². The van der Waals surface area contributed by atoms with Crippen LogP contribution in [0.25, 0.3) is 0 Å². The van der Waals surface area contributed by atoms with E-state index in [1.807, 2.05) is 12.3 Å². The van der Waals surface area contributed by atoms with E-state index >= 15 is 0 Å². The molecule has 0 heterocycles. The number of thioether (sulfide) groups is 1. The zero-order valence-electron chi connectivity index (χ0n) is 22.7. The molecule has 0 spiro atoms. The molecule has 2 aromatic carbocycles. The third kappa shape index (κ3) is 9.24. The summed E-state index contributed by atoms with van der Waals surface area (Å²) in [6.07, 6.45) is 6.86. The molecule has 2 unspecified atom stereocenters. The summed E-state index contributed by atoms with van der Waals surface area (Å²) >= 11 is 7.84. The molecule has 0 aliphatic carbocycles. The molecule has 39 heavy (non-hydrogen) atoms. The van der Waals surface area contributed by atoms with Gasteiger partial charge in [-0.2, -0.15) is 17.0 Å². The number of carbonyl (C=O) groups excluding carboxylic acids is 3. The fourth-order valence-corrected chi connectivity index (χ4v) is 4.47. The Balaban J connectivity index is 2.55.